The molecule has 0 spiro atoms. The van der Waals surface area contributed by atoms with Crippen LogP contribution in [-0.4, -0.2) is 16.6 Å². The zero-order valence-electron chi connectivity index (χ0n) is 12.6. The molecule has 2 aromatic carbocycles. The fourth-order valence-electron chi connectivity index (χ4n) is 2.66. The minimum absolute atomic E-state index is 0.0281. The van der Waals surface area contributed by atoms with Gasteiger partial charge in [-0.1, -0.05) is 49.4 Å². The first-order valence-corrected chi connectivity index (χ1v) is 7.31. The molecule has 0 unspecified atom stereocenters. The monoisotopic (exact) mass is 302 g/mol. The zero-order chi connectivity index (χ0) is 16.4. The van der Waals surface area contributed by atoms with E-state index in [-0.39, 0.29) is 22.8 Å². The summed E-state index contributed by atoms with van der Waals surface area (Å²) in [4.78, 5) is 16.8. The smallest absolute Gasteiger partial charge is 0.200 e. The Hall–Kier alpha value is -3.19. The number of hydrogen-bond acceptors (Lipinski definition) is 4. The molecule has 4 nitrogen and oxygen atoms in total. The molecular formula is C19H14N2O2. The van der Waals surface area contributed by atoms with Crippen molar-refractivity contribution in [3.8, 4) is 6.07 Å². The molecule has 2 aromatic rings. The zero-order valence-corrected chi connectivity index (χ0v) is 12.6. The highest BCUT2D eigenvalue weighted by atomic mass is 16.3. The Bertz CT molecular complexity index is 902. The Morgan fingerprint density at radius 2 is 1.78 bits per heavy atom. The average molecular weight is 302 g/mol. The number of aliphatic imine (C=N–C) groups is 1. The summed E-state index contributed by atoms with van der Waals surface area (Å²) >= 11 is 0. The molecular weight excluding hydrogens is 288 g/mol. The molecule has 0 aromatic heterocycles. The molecule has 23 heavy (non-hydrogen) atoms. The van der Waals surface area contributed by atoms with Gasteiger partial charge in [0, 0.05) is 11.1 Å². The van der Waals surface area contributed by atoms with Gasteiger partial charge in [0.15, 0.2) is 11.5 Å². The van der Waals surface area contributed by atoms with Crippen LogP contribution in [0, 0.1) is 11.3 Å². The topological polar surface area (TPSA) is 73.4 Å². The molecule has 1 aliphatic rings. The first kappa shape index (κ1) is 14.7. The first-order chi connectivity index (χ1) is 11.2. The van der Waals surface area contributed by atoms with E-state index in [0.717, 1.165) is 12.0 Å². The van der Waals surface area contributed by atoms with Crippen molar-refractivity contribution < 1.29 is 9.90 Å². The van der Waals surface area contributed by atoms with Gasteiger partial charge >= 0.3 is 0 Å². The quantitative estimate of drug-likeness (QED) is 0.870. The lowest BCUT2D eigenvalue weighted by atomic mass is 10.1. The number of fused-ring (bicyclic) bond motifs is 1. The van der Waals surface area contributed by atoms with E-state index in [2.05, 4.69) is 4.99 Å². The van der Waals surface area contributed by atoms with E-state index in [1.807, 2.05) is 31.2 Å². The van der Waals surface area contributed by atoms with Crippen LogP contribution in [0.2, 0.25) is 0 Å². The van der Waals surface area contributed by atoms with Gasteiger partial charge in [-0.05, 0) is 18.1 Å². The van der Waals surface area contributed by atoms with Crippen molar-refractivity contribution in [2.24, 2.45) is 4.99 Å². The highest BCUT2D eigenvalue weighted by molar-refractivity contribution is 6.39. The maximum atomic E-state index is 12.5. The average Bonchev–Trinajstić information content (AvgIpc) is 2.85. The lowest BCUT2D eigenvalue weighted by molar-refractivity contribution is 0.104. The maximum absolute atomic E-state index is 12.5. The second-order valence-electron chi connectivity index (χ2n) is 5.15. The molecule has 3 rings (SSSR count). The van der Waals surface area contributed by atoms with Gasteiger partial charge in [0.05, 0.1) is 5.69 Å². The number of aliphatic hydroxyl groups excluding tert-OH is 1. The second kappa shape index (κ2) is 5.90. The molecule has 0 saturated heterocycles. The van der Waals surface area contributed by atoms with Gasteiger partial charge in [0.25, 0.3) is 0 Å². The third-order valence-corrected chi connectivity index (χ3v) is 3.84. The van der Waals surface area contributed by atoms with E-state index in [0.29, 0.717) is 16.8 Å². The van der Waals surface area contributed by atoms with E-state index in [1.165, 1.54) is 0 Å². The molecule has 0 heterocycles. The lowest BCUT2D eigenvalue weighted by Gasteiger charge is -2.04. The summed E-state index contributed by atoms with van der Waals surface area (Å²) in [6.07, 6.45) is 0.761. The minimum Gasteiger partial charge on any atom is -0.506 e. The number of carbonyl (C=O) groups excluding carboxylic acids is 1. The highest BCUT2D eigenvalue weighted by Gasteiger charge is 2.32. The van der Waals surface area contributed by atoms with Crippen LogP contribution in [0.15, 0.2) is 59.1 Å². The molecule has 0 fully saturated rings. The Morgan fingerprint density at radius 1 is 1.13 bits per heavy atom. The SMILES string of the molecule is CCc1ccccc1N=C(C#N)C1=C(O)c2ccccc2C1=O. The first-order valence-electron chi connectivity index (χ1n) is 7.31. The van der Waals surface area contributed by atoms with E-state index < -0.39 is 0 Å². The number of aliphatic hydroxyl groups is 1. The van der Waals surface area contributed by atoms with Crippen molar-refractivity contribution >= 4 is 22.9 Å². The van der Waals surface area contributed by atoms with Crippen molar-refractivity contribution in [2.45, 2.75) is 13.3 Å². The molecule has 0 bridgehead atoms. The standard InChI is InChI=1S/C19H14N2O2/c1-2-12-7-3-6-10-15(12)21-16(11-20)17-18(22)13-8-4-5-9-14(13)19(17)23/h3-10,22H,2H2,1H3. The fraction of sp³-hybridized carbons (Fsp3) is 0.105. The number of ketones is 1. The normalized spacial score (nSPS) is 13.9. The summed E-state index contributed by atoms with van der Waals surface area (Å²) in [6.45, 7) is 1.99. The summed E-state index contributed by atoms with van der Waals surface area (Å²) in [5.41, 5.74) is 2.36. The van der Waals surface area contributed by atoms with E-state index in [9.17, 15) is 15.2 Å². The Kier molecular flexibility index (Phi) is 3.78. The number of rotatable bonds is 3. The number of Topliss-reactive ketones (excluding diaryl/α,β-unsaturated/α-hetero) is 1. The van der Waals surface area contributed by atoms with Crippen LogP contribution >= 0.6 is 0 Å². The summed E-state index contributed by atoms with van der Waals surface area (Å²) in [5.74, 6) is -0.549. The number of nitrogens with zero attached hydrogens (tertiary/aromatic N) is 2. The summed E-state index contributed by atoms with van der Waals surface area (Å²) in [7, 11) is 0. The Labute approximate surface area is 134 Å². The summed E-state index contributed by atoms with van der Waals surface area (Å²) in [6, 6.07) is 16.1. The highest BCUT2D eigenvalue weighted by Crippen LogP contribution is 2.32. The number of para-hydroxylation sites is 1. The second-order valence-corrected chi connectivity index (χ2v) is 5.15. The summed E-state index contributed by atoms with van der Waals surface area (Å²) in [5, 5.41) is 19.8. The fourth-order valence-corrected chi connectivity index (χ4v) is 2.66. The van der Waals surface area contributed by atoms with Crippen molar-refractivity contribution in [1.29, 1.82) is 5.26 Å². The van der Waals surface area contributed by atoms with Crippen LogP contribution in [0.4, 0.5) is 5.69 Å². The van der Waals surface area contributed by atoms with Gasteiger partial charge in [-0.15, -0.1) is 0 Å². The van der Waals surface area contributed by atoms with Crippen molar-refractivity contribution in [3.05, 3.63) is 70.8 Å². The van der Waals surface area contributed by atoms with E-state index in [1.54, 1.807) is 30.3 Å². The molecule has 0 atom stereocenters. The molecule has 1 aliphatic carbocycles. The van der Waals surface area contributed by atoms with Gasteiger partial charge in [-0.2, -0.15) is 5.26 Å². The number of benzene rings is 2. The van der Waals surface area contributed by atoms with E-state index >= 15 is 0 Å². The van der Waals surface area contributed by atoms with Crippen molar-refractivity contribution in [2.75, 3.05) is 0 Å². The van der Waals surface area contributed by atoms with Crippen LogP contribution in [0.25, 0.3) is 5.76 Å². The Morgan fingerprint density at radius 3 is 2.43 bits per heavy atom. The van der Waals surface area contributed by atoms with Gasteiger partial charge < -0.3 is 5.11 Å². The Balaban J connectivity index is 2.14. The number of aryl methyl sites for hydroxylation is 1. The third kappa shape index (κ3) is 2.43. The summed E-state index contributed by atoms with van der Waals surface area (Å²) < 4.78 is 0. The predicted molar refractivity (Wildman–Crippen MR) is 88.8 cm³/mol. The number of hydrogen-bond donors (Lipinski definition) is 1. The molecule has 0 amide bonds. The molecule has 112 valence electrons. The van der Waals surface area contributed by atoms with Gasteiger partial charge in [0.2, 0.25) is 0 Å². The van der Waals surface area contributed by atoms with Crippen LogP contribution in [0.3, 0.4) is 0 Å². The number of allylic oxidation sites excluding steroid dienone is 1. The minimum atomic E-state index is -0.368. The van der Waals surface area contributed by atoms with Crippen LogP contribution in [-0.2, 0) is 6.42 Å². The maximum Gasteiger partial charge on any atom is 0.200 e. The third-order valence-electron chi connectivity index (χ3n) is 3.84. The predicted octanol–water partition coefficient (Wildman–Crippen LogP) is 4.01. The molecule has 4 heteroatoms. The van der Waals surface area contributed by atoms with Crippen LogP contribution < -0.4 is 0 Å². The lowest BCUT2D eigenvalue weighted by Crippen LogP contribution is -2.09. The largest absolute Gasteiger partial charge is 0.506 e. The van der Waals surface area contributed by atoms with Crippen LogP contribution in [0.5, 0.6) is 0 Å². The van der Waals surface area contributed by atoms with Gasteiger partial charge in [-0.25, -0.2) is 4.99 Å². The van der Waals surface area contributed by atoms with Crippen molar-refractivity contribution in [3.63, 3.8) is 0 Å². The van der Waals surface area contributed by atoms with Gasteiger partial charge in [0.1, 0.15) is 17.4 Å². The molecule has 0 saturated carbocycles. The number of carbonyl (C=O) groups is 1. The molecule has 0 aliphatic heterocycles. The van der Waals surface area contributed by atoms with Crippen molar-refractivity contribution in [1.82, 2.24) is 0 Å². The van der Waals surface area contributed by atoms with E-state index in [4.69, 9.17) is 0 Å². The number of nitriles is 1. The molecule has 1 N–H and O–H groups in total. The van der Waals surface area contributed by atoms with Crippen LogP contribution in [0.1, 0.15) is 28.4 Å². The van der Waals surface area contributed by atoms with Gasteiger partial charge in [-0.3, -0.25) is 4.79 Å². The molecule has 0 radical (unpaired) electrons.